The third-order valence-electron chi connectivity index (χ3n) is 2.52. The molecular weight excluding hydrogens is 270 g/mol. The fourth-order valence-corrected chi connectivity index (χ4v) is 1.83. The average molecular weight is 279 g/mol. The summed E-state index contributed by atoms with van der Waals surface area (Å²) in [5, 5.41) is 11.6. The standard InChI is InChI=1S/C14H9ClF2N2/c15-12-2-1-3-13(14(12)17)19-8-10-4-9(7-18)5-11(16)6-10/h1-6,19H,8H2. The molecule has 0 radical (unpaired) electrons. The molecule has 0 aliphatic heterocycles. The zero-order valence-corrected chi connectivity index (χ0v) is 10.5. The Morgan fingerprint density at radius 2 is 2.00 bits per heavy atom. The number of hydrogen-bond donors (Lipinski definition) is 1. The molecule has 19 heavy (non-hydrogen) atoms. The largest absolute Gasteiger partial charge is 0.379 e. The molecule has 96 valence electrons. The summed E-state index contributed by atoms with van der Waals surface area (Å²) in [6.45, 7) is 0.198. The first-order chi connectivity index (χ1) is 9.10. The van der Waals surface area contributed by atoms with Crippen LogP contribution in [-0.4, -0.2) is 0 Å². The van der Waals surface area contributed by atoms with E-state index in [1.54, 1.807) is 12.1 Å². The van der Waals surface area contributed by atoms with E-state index in [0.29, 0.717) is 5.56 Å². The minimum absolute atomic E-state index is 0.0157. The van der Waals surface area contributed by atoms with E-state index in [2.05, 4.69) is 5.32 Å². The average Bonchev–Trinajstić information content (AvgIpc) is 2.40. The first kappa shape index (κ1) is 13.3. The number of anilines is 1. The van der Waals surface area contributed by atoms with Crippen LogP contribution in [0.4, 0.5) is 14.5 Å². The lowest BCUT2D eigenvalue weighted by Gasteiger charge is -2.08. The lowest BCUT2D eigenvalue weighted by molar-refractivity contribution is 0.624. The molecule has 2 nitrogen and oxygen atoms in total. The summed E-state index contributed by atoms with van der Waals surface area (Å²) in [6, 6.07) is 10.4. The molecule has 0 spiro atoms. The molecule has 0 unspecified atom stereocenters. The number of nitriles is 1. The van der Waals surface area contributed by atoms with Gasteiger partial charge in [0.1, 0.15) is 5.82 Å². The van der Waals surface area contributed by atoms with Crippen LogP contribution in [0.1, 0.15) is 11.1 Å². The SMILES string of the molecule is N#Cc1cc(F)cc(CNc2cccc(Cl)c2F)c1. The molecule has 0 atom stereocenters. The summed E-state index contributed by atoms with van der Waals surface area (Å²) >= 11 is 5.65. The molecule has 2 aromatic rings. The number of halogens is 3. The molecule has 0 saturated heterocycles. The Hall–Kier alpha value is -2.12. The van der Waals surface area contributed by atoms with Crippen molar-refractivity contribution in [1.29, 1.82) is 5.26 Å². The number of rotatable bonds is 3. The summed E-state index contributed by atoms with van der Waals surface area (Å²) in [6.07, 6.45) is 0. The Labute approximate surface area is 114 Å². The van der Waals surface area contributed by atoms with Crippen LogP contribution in [-0.2, 0) is 6.54 Å². The molecule has 0 aliphatic carbocycles. The van der Waals surface area contributed by atoms with Crippen LogP contribution >= 0.6 is 11.6 Å². The van der Waals surface area contributed by atoms with Crippen LogP contribution in [0.25, 0.3) is 0 Å². The van der Waals surface area contributed by atoms with Crippen molar-refractivity contribution in [3.05, 3.63) is 64.2 Å². The third-order valence-corrected chi connectivity index (χ3v) is 2.81. The lowest BCUT2D eigenvalue weighted by atomic mass is 10.1. The highest BCUT2D eigenvalue weighted by molar-refractivity contribution is 6.31. The Bertz CT molecular complexity index is 650. The fourth-order valence-electron chi connectivity index (χ4n) is 1.65. The van der Waals surface area contributed by atoms with Gasteiger partial charge in [-0.3, -0.25) is 0 Å². The zero-order chi connectivity index (χ0) is 13.8. The molecule has 0 heterocycles. The van der Waals surface area contributed by atoms with Gasteiger partial charge in [-0.2, -0.15) is 5.26 Å². The maximum absolute atomic E-state index is 13.6. The van der Waals surface area contributed by atoms with E-state index >= 15 is 0 Å². The van der Waals surface area contributed by atoms with Crippen LogP contribution in [0.3, 0.4) is 0 Å². The van der Waals surface area contributed by atoms with Gasteiger partial charge in [-0.15, -0.1) is 0 Å². The summed E-state index contributed by atoms with van der Waals surface area (Å²) < 4.78 is 26.8. The third kappa shape index (κ3) is 3.21. The number of nitrogens with zero attached hydrogens (tertiary/aromatic N) is 1. The second-order valence-electron chi connectivity index (χ2n) is 3.91. The first-order valence-electron chi connectivity index (χ1n) is 5.47. The second kappa shape index (κ2) is 5.68. The first-order valence-corrected chi connectivity index (χ1v) is 5.85. The molecular formula is C14H9ClF2N2. The van der Waals surface area contributed by atoms with E-state index in [1.165, 1.54) is 18.2 Å². The lowest BCUT2D eigenvalue weighted by Crippen LogP contribution is -2.02. The van der Waals surface area contributed by atoms with Crippen LogP contribution in [0, 0.1) is 23.0 Å². The van der Waals surface area contributed by atoms with Crippen molar-refractivity contribution in [1.82, 2.24) is 0 Å². The minimum atomic E-state index is -0.555. The minimum Gasteiger partial charge on any atom is -0.379 e. The van der Waals surface area contributed by atoms with E-state index in [1.807, 2.05) is 6.07 Å². The van der Waals surface area contributed by atoms with E-state index in [-0.39, 0.29) is 22.8 Å². The van der Waals surface area contributed by atoms with Gasteiger partial charge in [-0.05, 0) is 35.9 Å². The van der Waals surface area contributed by atoms with Crippen molar-refractivity contribution in [2.75, 3.05) is 5.32 Å². The predicted molar refractivity (Wildman–Crippen MR) is 69.9 cm³/mol. The quantitative estimate of drug-likeness (QED) is 0.917. The van der Waals surface area contributed by atoms with Gasteiger partial charge in [-0.1, -0.05) is 17.7 Å². The van der Waals surface area contributed by atoms with Gasteiger partial charge in [0.2, 0.25) is 0 Å². The Morgan fingerprint density at radius 1 is 1.21 bits per heavy atom. The van der Waals surface area contributed by atoms with Gasteiger partial charge in [0.15, 0.2) is 5.82 Å². The van der Waals surface area contributed by atoms with Crippen LogP contribution in [0.15, 0.2) is 36.4 Å². The summed E-state index contributed by atoms with van der Waals surface area (Å²) in [4.78, 5) is 0. The molecule has 0 saturated carbocycles. The Kier molecular flexibility index (Phi) is 3.98. The Balaban J connectivity index is 2.17. The summed E-state index contributed by atoms with van der Waals surface area (Å²) in [5.74, 6) is -1.05. The zero-order valence-electron chi connectivity index (χ0n) is 9.75. The smallest absolute Gasteiger partial charge is 0.164 e. The van der Waals surface area contributed by atoms with E-state index in [0.717, 1.165) is 6.07 Å². The van der Waals surface area contributed by atoms with E-state index in [9.17, 15) is 8.78 Å². The Morgan fingerprint density at radius 3 is 2.74 bits per heavy atom. The van der Waals surface area contributed by atoms with Crippen molar-refractivity contribution < 1.29 is 8.78 Å². The van der Waals surface area contributed by atoms with Crippen molar-refractivity contribution in [2.24, 2.45) is 0 Å². The van der Waals surface area contributed by atoms with E-state index < -0.39 is 11.6 Å². The maximum Gasteiger partial charge on any atom is 0.164 e. The van der Waals surface area contributed by atoms with Crippen molar-refractivity contribution >= 4 is 17.3 Å². The summed E-state index contributed by atoms with van der Waals surface area (Å²) in [7, 11) is 0. The van der Waals surface area contributed by atoms with Gasteiger partial charge in [-0.25, -0.2) is 8.78 Å². The molecule has 0 bridgehead atoms. The fraction of sp³-hybridized carbons (Fsp3) is 0.0714. The monoisotopic (exact) mass is 278 g/mol. The van der Waals surface area contributed by atoms with Crippen LogP contribution in [0.5, 0.6) is 0 Å². The highest BCUT2D eigenvalue weighted by Gasteiger charge is 2.06. The molecule has 2 rings (SSSR count). The highest BCUT2D eigenvalue weighted by Crippen LogP contribution is 2.22. The van der Waals surface area contributed by atoms with Crippen molar-refractivity contribution in [2.45, 2.75) is 6.54 Å². The normalized spacial score (nSPS) is 10.0. The maximum atomic E-state index is 13.6. The molecule has 0 aliphatic rings. The van der Waals surface area contributed by atoms with Gasteiger partial charge in [0.05, 0.1) is 22.3 Å². The number of nitrogens with one attached hydrogen (secondary N) is 1. The van der Waals surface area contributed by atoms with Gasteiger partial charge in [0.25, 0.3) is 0 Å². The van der Waals surface area contributed by atoms with Crippen molar-refractivity contribution in [3.8, 4) is 6.07 Å². The van der Waals surface area contributed by atoms with Gasteiger partial charge < -0.3 is 5.32 Å². The van der Waals surface area contributed by atoms with E-state index in [4.69, 9.17) is 16.9 Å². The number of benzene rings is 2. The highest BCUT2D eigenvalue weighted by atomic mass is 35.5. The second-order valence-corrected chi connectivity index (χ2v) is 4.32. The van der Waals surface area contributed by atoms with Crippen molar-refractivity contribution in [3.63, 3.8) is 0 Å². The molecule has 0 aromatic heterocycles. The van der Waals surface area contributed by atoms with Crippen LogP contribution in [0.2, 0.25) is 5.02 Å². The molecule has 5 heteroatoms. The molecule has 1 N–H and O–H groups in total. The van der Waals surface area contributed by atoms with Gasteiger partial charge in [0, 0.05) is 6.54 Å². The number of hydrogen-bond acceptors (Lipinski definition) is 2. The molecule has 0 fully saturated rings. The summed E-state index contributed by atoms with van der Waals surface area (Å²) in [5.41, 5.74) is 1.01. The van der Waals surface area contributed by atoms with Gasteiger partial charge >= 0.3 is 0 Å². The topological polar surface area (TPSA) is 35.8 Å². The predicted octanol–water partition coefficient (Wildman–Crippen LogP) is 4.10. The molecule has 2 aromatic carbocycles. The molecule has 0 amide bonds. The van der Waals surface area contributed by atoms with Crippen LogP contribution < -0.4 is 5.32 Å².